The third kappa shape index (κ3) is 3.89. The van der Waals surface area contributed by atoms with E-state index >= 15 is 0 Å². The van der Waals surface area contributed by atoms with Crippen molar-refractivity contribution in [2.45, 2.75) is 13.3 Å². The highest BCUT2D eigenvalue weighted by Gasteiger charge is 2.11. The molecule has 2 amide bonds. The van der Waals surface area contributed by atoms with E-state index in [0.29, 0.717) is 17.4 Å². The molecule has 0 saturated carbocycles. The van der Waals surface area contributed by atoms with Crippen LogP contribution in [0.2, 0.25) is 0 Å². The molecule has 2 rings (SSSR count). The minimum absolute atomic E-state index is 0.145. The zero-order valence-electron chi connectivity index (χ0n) is 11.1. The number of aromatic nitrogens is 1. The molecule has 1 aromatic carbocycles. The molecule has 104 valence electrons. The minimum Gasteiger partial charge on any atom is -0.351 e. The number of thiazole rings is 1. The highest BCUT2D eigenvalue weighted by Crippen LogP contribution is 2.15. The quantitative estimate of drug-likeness (QED) is 0.885. The Morgan fingerprint density at radius 3 is 2.70 bits per heavy atom. The summed E-state index contributed by atoms with van der Waals surface area (Å²) in [6.07, 6.45) is 0.289. The highest BCUT2D eigenvalue weighted by atomic mass is 32.1. The maximum absolute atomic E-state index is 11.8. The fraction of sp³-hybridized carbons (Fsp3) is 0.214. The van der Waals surface area contributed by atoms with Crippen LogP contribution < -0.4 is 10.6 Å². The van der Waals surface area contributed by atoms with Crippen molar-refractivity contribution in [3.05, 3.63) is 47.0 Å². The molecular weight excluding hydrogens is 274 g/mol. The third-order valence-corrected chi connectivity index (χ3v) is 3.29. The van der Waals surface area contributed by atoms with Crippen LogP contribution in [0, 0.1) is 0 Å². The molecule has 0 unspecified atom stereocenters. The van der Waals surface area contributed by atoms with Gasteiger partial charge in [0, 0.05) is 11.9 Å². The van der Waals surface area contributed by atoms with Gasteiger partial charge in [-0.15, -0.1) is 11.3 Å². The predicted molar refractivity (Wildman–Crippen MR) is 78.9 cm³/mol. The number of anilines is 1. The van der Waals surface area contributed by atoms with Crippen LogP contribution in [0.15, 0.2) is 35.7 Å². The molecule has 0 bridgehead atoms. The van der Waals surface area contributed by atoms with E-state index in [2.05, 4.69) is 15.6 Å². The Hall–Kier alpha value is -2.21. The van der Waals surface area contributed by atoms with Crippen molar-refractivity contribution in [1.82, 2.24) is 10.3 Å². The van der Waals surface area contributed by atoms with Gasteiger partial charge in [0.25, 0.3) is 5.91 Å². The number of nitrogens with zero attached hydrogens (tertiary/aromatic N) is 1. The normalized spacial score (nSPS) is 10.1. The number of hydrogen-bond acceptors (Lipinski definition) is 4. The average molecular weight is 289 g/mol. The third-order valence-electron chi connectivity index (χ3n) is 2.53. The molecule has 1 heterocycles. The van der Waals surface area contributed by atoms with Crippen molar-refractivity contribution >= 4 is 28.3 Å². The van der Waals surface area contributed by atoms with Gasteiger partial charge < -0.3 is 10.6 Å². The maximum Gasteiger partial charge on any atom is 0.270 e. The standard InChI is InChI=1S/C14H15N3O2S/c1-2-15-13(19)11-9-20-14(16-11)17-12(18)8-10-6-4-3-5-7-10/h3-7,9H,2,8H2,1H3,(H,15,19)(H,16,17,18). The first-order valence-corrected chi connectivity index (χ1v) is 7.14. The molecule has 20 heavy (non-hydrogen) atoms. The van der Waals surface area contributed by atoms with Crippen LogP contribution in [0.4, 0.5) is 5.13 Å². The van der Waals surface area contributed by atoms with E-state index in [4.69, 9.17) is 0 Å². The molecule has 0 atom stereocenters. The van der Waals surface area contributed by atoms with Crippen LogP contribution in [0.5, 0.6) is 0 Å². The predicted octanol–water partition coefficient (Wildman–Crippen LogP) is 2.07. The average Bonchev–Trinajstić information content (AvgIpc) is 2.88. The molecule has 0 aliphatic heterocycles. The second kappa shape index (κ2) is 6.81. The van der Waals surface area contributed by atoms with Crippen LogP contribution in [-0.4, -0.2) is 23.3 Å². The van der Waals surface area contributed by atoms with E-state index in [-0.39, 0.29) is 18.2 Å². The van der Waals surface area contributed by atoms with Crippen molar-refractivity contribution in [3.8, 4) is 0 Å². The Kier molecular flexibility index (Phi) is 4.84. The summed E-state index contributed by atoms with van der Waals surface area (Å²) in [4.78, 5) is 27.5. The van der Waals surface area contributed by atoms with Crippen LogP contribution in [-0.2, 0) is 11.2 Å². The number of nitrogens with one attached hydrogen (secondary N) is 2. The summed E-state index contributed by atoms with van der Waals surface area (Å²) in [5.41, 5.74) is 1.26. The first-order chi connectivity index (χ1) is 9.69. The Bertz CT molecular complexity index is 595. The number of benzene rings is 1. The number of carbonyl (C=O) groups is 2. The van der Waals surface area contributed by atoms with Crippen molar-refractivity contribution in [2.24, 2.45) is 0 Å². The Morgan fingerprint density at radius 2 is 2.00 bits per heavy atom. The summed E-state index contributed by atoms with van der Waals surface area (Å²) < 4.78 is 0. The van der Waals surface area contributed by atoms with Crippen LogP contribution in [0.1, 0.15) is 23.0 Å². The first-order valence-electron chi connectivity index (χ1n) is 6.26. The largest absolute Gasteiger partial charge is 0.351 e. The molecule has 0 radical (unpaired) electrons. The van der Waals surface area contributed by atoms with Gasteiger partial charge in [0.15, 0.2) is 5.13 Å². The zero-order chi connectivity index (χ0) is 14.4. The van der Waals surface area contributed by atoms with Crippen LogP contribution in [0.3, 0.4) is 0 Å². The SMILES string of the molecule is CCNC(=O)c1csc(NC(=O)Cc2ccccc2)n1. The summed E-state index contributed by atoms with van der Waals surface area (Å²) >= 11 is 1.24. The Labute approximate surface area is 121 Å². The zero-order valence-corrected chi connectivity index (χ0v) is 11.9. The second-order valence-electron chi connectivity index (χ2n) is 4.11. The Balaban J connectivity index is 1.93. The van der Waals surface area contributed by atoms with Gasteiger partial charge in [0.1, 0.15) is 5.69 Å². The molecule has 0 aliphatic carbocycles. The van der Waals surface area contributed by atoms with Crippen LogP contribution >= 0.6 is 11.3 Å². The topological polar surface area (TPSA) is 71.1 Å². The first kappa shape index (κ1) is 14.2. The van der Waals surface area contributed by atoms with Gasteiger partial charge in [-0.25, -0.2) is 4.98 Å². The van der Waals surface area contributed by atoms with E-state index < -0.39 is 0 Å². The van der Waals surface area contributed by atoms with Gasteiger partial charge in [-0.3, -0.25) is 9.59 Å². The molecule has 0 fully saturated rings. The lowest BCUT2D eigenvalue weighted by Gasteiger charge is -2.01. The molecule has 1 aromatic heterocycles. The monoisotopic (exact) mass is 289 g/mol. The lowest BCUT2D eigenvalue weighted by Crippen LogP contribution is -2.23. The van der Waals surface area contributed by atoms with Gasteiger partial charge in [-0.2, -0.15) is 0 Å². The van der Waals surface area contributed by atoms with E-state index in [9.17, 15) is 9.59 Å². The van der Waals surface area contributed by atoms with Crippen LogP contribution in [0.25, 0.3) is 0 Å². The molecule has 2 N–H and O–H groups in total. The second-order valence-corrected chi connectivity index (χ2v) is 4.97. The fourth-order valence-corrected chi connectivity index (χ4v) is 2.34. The maximum atomic E-state index is 11.8. The van der Waals surface area contributed by atoms with Crippen molar-refractivity contribution in [3.63, 3.8) is 0 Å². The van der Waals surface area contributed by atoms with Crippen molar-refractivity contribution in [2.75, 3.05) is 11.9 Å². The number of amides is 2. The molecular formula is C14H15N3O2S. The lowest BCUT2D eigenvalue weighted by molar-refractivity contribution is -0.115. The van der Waals surface area contributed by atoms with E-state index in [0.717, 1.165) is 5.56 Å². The highest BCUT2D eigenvalue weighted by molar-refractivity contribution is 7.14. The van der Waals surface area contributed by atoms with Crippen molar-refractivity contribution in [1.29, 1.82) is 0 Å². The number of rotatable bonds is 5. The number of hydrogen-bond donors (Lipinski definition) is 2. The van der Waals surface area contributed by atoms with Gasteiger partial charge in [0.05, 0.1) is 6.42 Å². The molecule has 5 nitrogen and oxygen atoms in total. The molecule has 0 spiro atoms. The van der Waals surface area contributed by atoms with E-state index in [1.807, 2.05) is 37.3 Å². The molecule has 0 aliphatic rings. The summed E-state index contributed by atoms with van der Waals surface area (Å²) in [5.74, 6) is -0.375. The van der Waals surface area contributed by atoms with Gasteiger partial charge in [0.2, 0.25) is 5.91 Å². The molecule has 6 heteroatoms. The summed E-state index contributed by atoms with van der Waals surface area (Å²) in [6, 6.07) is 9.46. The number of carbonyl (C=O) groups excluding carboxylic acids is 2. The van der Waals surface area contributed by atoms with Gasteiger partial charge in [-0.05, 0) is 12.5 Å². The summed E-state index contributed by atoms with van der Waals surface area (Å²) in [7, 11) is 0. The van der Waals surface area contributed by atoms with Gasteiger partial charge >= 0.3 is 0 Å². The van der Waals surface area contributed by atoms with E-state index in [1.165, 1.54) is 11.3 Å². The van der Waals surface area contributed by atoms with Gasteiger partial charge in [-0.1, -0.05) is 30.3 Å². The summed E-state index contributed by atoms with van der Waals surface area (Å²) in [6.45, 7) is 2.39. The smallest absolute Gasteiger partial charge is 0.270 e. The molecule has 0 saturated heterocycles. The van der Waals surface area contributed by atoms with Crippen molar-refractivity contribution < 1.29 is 9.59 Å². The molecule has 2 aromatic rings. The van der Waals surface area contributed by atoms with E-state index in [1.54, 1.807) is 5.38 Å². The Morgan fingerprint density at radius 1 is 1.25 bits per heavy atom. The fourth-order valence-electron chi connectivity index (χ4n) is 1.63. The minimum atomic E-state index is -0.229. The summed E-state index contributed by atoms with van der Waals surface area (Å²) in [5, 5.41) is 7.42. The lowest BCUT2D eigenvalue weighted by atomic mass is 10.1.